The first kappa shape index (κ1) is 15.3. The number of carbonyl (C=O) groups is 1. The number of aromatic amines is 1. The Morgan fingerprint density at radius 1 is 1.24 bits per heavy atom. The number of rotatable bonds is 6. The van der Waals surface area contributed by atoms with Gasteiger partial charge in [-0.25, -0.2) is 0 Å². The van der Waals surface area contributed by atoms with Gasteiger partial charge in [0.05, 0.1) is 18.2 Å². The lowest BCUT2D eigenvalue weighted by atomic mass is 9.84. The molecule has 2 aromatic rings. The van der Waals surface area contributed by atoms with Gasteiger partial charge in [-0.05, 0) is 18.4 Å². The molecule has 1 aromatic heterocycles. The number of aromatic nitrogens is 2. The fraction of sp³-hybridized carbons (Fsp3) is 0.412. The van der Waals surface area contributed by atoms with Gasteiger partial charge >= 0.3 is 0 Å². The van der Waals surface area contributed by atoms with Crippen LogP contribution in [0.2, 0.25) is 0 Å². The van der Waals surface area contributed by atoms with E-state index in [0.29, 0.717) is 5.92 Å². The molecular weight excluding hydrogens is 262 g/mol. The minimum absolute atomic E-state index is 0.0495. The molecule has 4 heteroatoms. The third-order valence-corrected chi connectivity index (χ3v) is 4.03. The first-order valence-electron chi connectivity index (χ1n) is 7.47. The number of H-pyrrole nitrogens is 1. The second-order valence-corrected chi connectivity index (χ2v) is 5.54. The van der Waals surface area contributed by atoms with Gasteiger partial charge in [0.2, 0.25) is 5.91 Å². The Morgan fingerprint density at radius 3 is 2.52 bits per heavy atom. The molecule has 2 rings (SSSR count). The summed E-state index contributed by atoms with van der Waals surface area (Å²) in [6.07, 6.45) is 4.52. The molecule has 0 fully saturated rings. The fourth-order valence-corrected chi connectivity index (χ4v) is 2.52. The zero-order valence-corrected chi connectivity index (χ0v) is 12.8. The molecule has 0 aliphatic rings. The molecule has 1 amide bonds. The zero-order valence-electron chi connectivity index (χ0n) is 12.8. The van der Waals surface area contributed by atoms with Crippen LogP contribution in [0.25, 0.3) is 0 Å². The highest BCUT2D eigenvalue weighted by atomic mass is 16.1. The number of hydrogen-bond donors (Lipinski definition) is 2. The van der Waals surface area contributed by atoms with Crippen molar-refractivity contribution in [1.82, 2.24) is 15.5 Å². The van der Waals surface area contributed by atoms with Gasteiger partial charge in [0.15, 0.2) is 0 Å². The second kappa shape index (κ2) is 7.07. The van der Waals surface area contributed by atoms with Crippen LogP contribution in [0, 0.1) is 5.92 Å². The highest BCUT2D eigenvalue weighted by Crippen LogP contribution is 2.28. The number of carbonyl (C=O) groups excluding carboxylic acids is 1. The van der Waals surface area contributed by atoms with Crippen LogP contribution in [0.15, 0.2) is 42.7 Å². The van der Waals surface area contributed by atoms with E-state index in [1.54, 1.807) is 6.20 Å². The maximum atomic E-state index is 12.7. The first-order valence-corrected chi connectivity index (χ1v) is 7.47. The molecule has 112 valence electrons. The predicted molar refractivity (Wildman–Crippen MR) is 83.8 cm³/mol. The SMILES string of the molecule is CCC(C)C(C(=O)NC(C)c1cn[nH]c1)c1ccccc1. The van der Waals surface area contributed by atoms with Crippen molar-refractivity contribution in [2.45, 2.75) is 39.2 Å². The smallest absolute Gasteiger partial charge is 0.228 e. The molecule has 2 N–H and O–H groups in total. The summed E-state index contributed by atoms with van der Waals surface area (Å²) in [5.41, 5.74) is 2.06. The number of hydrogen-bond acceptors (Lipinski definition) is 2. The van der Waals surface area contributed by atoms with Gasteiger partial charge in [-0.2, -0.15) is 5.10 Å². The molecule has 0 aliphatic heterocycles. The molecule has 0 spiro atoms. The Hall–Kier alpha value is -2.10. The maximum Gasteiger partial charge on any atom is 0.228 e. The van der Waals surface area contributed by atoms with Crippen LogP contribution in [0.5, 0.6) is 0 Å². The molecule has 21 heavy (non-hydrogen) atoms. The van der Waals surface area contributed by atoms with Crippen LogP contribution in [0.1, 0.15) is 50.3 Å². The zero-order chi connectivity index (χ0) is 15.2. The van der Waals surface area contributed by atoms with Crippen LogP contribution < -0.4 is 5.32 Å². The number of benzene rings is 1. The average molecular weight is 285 g/mol. The summed E-state index contributed by atoms with van der Waals surface area (Å²) in [5.74, 6) is 0.249. The van der Waals surface area contributed by atoms with Crippen LogP contribution >= 0.6 is 0 Å². The topological polar surface area (TPSA) is 57.8 Å². The van der Waals surface area contributed by atoms with Crippen LogP contribution in [-0.4, -0.2) is 16.1 Å². The van der Waals surface area contributed by atoms with Gasteiger partial charge < -0.3 is 5.32 Å². The third-order valence-electron chi connectivity index (χ3n) is 4.03. The van der Waals surface area contributed by atoms with Crippen molar-refractivity contribution in [2.24, 2.45) is 5.92 Å². The molecule has 1 heterocycles. The Morgan fingerprint density at radius 2 is 1.95 bits per heavy atom. The van der Waals surface area contributed by atoms with E-state index < -0.39 is 0 Å². The molecule has 0 radical (unpaired) electrons. The quantitative estimate of drug-likeness (QED) is 0.854. The molecular formula is C17H23N3O. The molecule has 0 saturated carbocycles. The third kappa shape index (κ3) is 3.72. The highest BCUT2D eigenvalue weighted by molar-refractivity contribution is 5.84. The monoisotopic (exact) mass is 285 g/mol. The molecule has 3 atom stereocenters. The standard InChI is InChI=1S/C17H23N3O/c1-4-12(2)16(14-8-6-5-7-9-14)17(21)20-13(3)15-10-18-19-11-15/h5-13,16H,4H2,1-3H3,(H,18,19)(H,20,21). The summed E-state index contributed by atoms with van der Waals surface area (Å²) in [6.45, 7) is 6.22. The summed E-state index contributed by atoms with van der Waals surface area (Å²) in [7, 11) is 0. The van der Waals surface area contributed by atoms with Gasteiger partial charge in [-0.1, -0.05) is 50.6 Å². The molecule has 1 aromatic carbocycles. The van der Waals surface area contributed by atoms with E-state index in [-0.39, 0.29) is 17.9 Å². The van der Waals surface area contributed by atoms with Crippen LogP contribution in [0.4, 0.5) is 0 Å². The predicted octanol–water partition coefficient (Wildman–Crippen LogP) is 3.42. The van der Waals surface area contributed by atoms with E-state index in [4.69, 9.17) is 0 Å². The minimum Gasteiger partial charge on any atom is -0.349 e. The van der Waals surface area contributed by atoms with Gasteiger partial charge in [0.1, 0.15) is 0 Å². The summed E-state index contributed by atoms with van der Waals surface area (Å²) in [4.78, 5) is 12.7. The van der Waals surface area contributed by atoms with Crippen molar-refractivity contribution in [3.05, 3.63) is 53.9 Å². The fourth-order valence-electron chi connectivity index (χ4n) is 2.52. The van der Waals surface area contributed by atoms with E-state index >= 15 is 0 Å². The molecule has 3 unspecified atom stereocenters. The normalized spacial score (nSPS) is 15.2. The lowest BCUT2D eigenvalue weighted by Crippen LogP contribution is -2.34. The van der Waals surface area contributed by atoms with E-state index in [9.17, 15) is 4.79 Å². The largest absolute Gasteiger partial charge is 0.349 e. The average Bonchev–Trinajstić information content (AvgIpc) is 3.02. The Bertz CT molecular complexity index is 551. The summed E-state index contributed by atoms with van der Waals surface area (Å²) < 4.78 is 0. The lowest BCUT2D eigenvalue weighted by Gasteiger charge is -2.24. The van der Waals surface area contributed by atoms with Crippen molar-refractivity contribution >= 4 is 5.91 Å². The lowest BCUT2D eigenvalue weighted by molar-refractivity contribution is -0.124. The molecule has 0 saturated heterocycles. The van der Waals surface area contributed by atoms with E-state index in [1.807, 2.05) is 43.5 Å². The number of nitrogens with one attached hydrogen (secondary N) is 2. The highest BCUT2D eigenvalue weighted by Gasteiger charge is 2.26. The Kier molecular flexibility index (Phi) is 5.14. The van der Waals surface area contributed by atoms with Crippen molar-refractivity contribution < 1.29 is 4.79 Å². The van der Waals surface area contributed by atoms with E-state index in [2.05, 4.69) is 29.4 Å². The summed E-state index contributed by atoms with van der Waals surface area (Å²) in [5, 5.41) is 9.80. The number of nitrogens with zero attached hydrogens (tertiary/aromatic N) is 1. The van der Waals surface area contributed by atoms with Gasteiger partial charge in [0, 0.05) is 11.8 Å². The second-order valence-electron chi connectivity index (χ2n) is 5.54. The van der Waals surface area contributed by atoms with Crippen LogP contribution in [0.3, 0.4) is 0 Å². The van der Waals surface area contributed by atoms with Gasteiger partial charge in [-0.15, -0.1) is 0 Å². The first-order chi connectivity index (χ1) is 10.1. The van der Waals surface area contributed by atoms with Crippen molar-refractivity contribution in [1.29, 1.82) is 0 Å². The van der Waals surface area contributed by atoms with Crippen molar-refractivity contribution in [3.8, 4) is 0 Å². The Labute approximate surface area is 126 Å². The van der Waals surface area contributed by atoms with Crippen molar-refractivity contribution in [2.75, 3.05) is 0 Å². The van der Waals surface area contributed by atoms with Gasteiger partial charge in [-0.3, -0.25) is 9.89 Å². The van der Waals surface area contributed by atoms with E-state index in [1.165, 1.54) is 0 Å². The number of amides is 1. The molecule has 4 nitrogen and oxygen atoms in total. The molecule has 0 bridgehead atoms. The van der Waals surface area contributed by atoms with Crippen molar-refractivity contribution in [3.63, 3.8) is 0 Å². The maximum absolute atomic E-state index is 12.7. The van der Waals surface area contributed by atoms with E-state index in [0.717, 1.165) is 17.5 Å². The molecule has 0 aliphatic carbocycles. The van der Waals surface area contributed by atoms with Crippen LogP contribution in [-0.2, 0) is 4.79 Å². The Balaban J connectivity index is 2.15. The van der Waals surface area contributed by atoms with Gasteiger partial charge in [0.25, 0.3) is 0 Å². The minimum atomic E-state index is -0.120. The summed E-state index contributed by atoms with van der Waals surface area (Å²) >= 11 is 0. The summed E-state index contributed by atoms with van der Waals surface area (Å²) in [6, 6.07) is 9.95.